The van der Waals surface area contributed by atoms with Crippen molar-refractivity contribution in [3.05, 3.63) is 11.9 Å². The van der Waals surface area contributed by atoms with Gasteiger partial charge >= 0.3 is 0 Å². The van der Waals surface area contributed by atoms with Crippen LogP contribution in [0.1, 0.15) is 19.2 Å². The summed E-state index contributed by atoms with van der Waals surface area (Å²) in [4.78, 5) is 4.41. The van der Waals surface area contributed by atoms with Crippen LogP contribution in [-0.2, 0) is 13.5 Å². The first-order valence-electron chi connectivity index (χ1n) is 4.92. The van der Waals surface area contributed by atoms with Crippen LogP contribution in [0.3, 0.4) is 0 Å². The molecular formula is C9H14N6. The average Bonchev–Trinajstić information content (AvgIpc) is 2.73. The highest BCUT2D eigenvalue weighted by Crippen LogP contribution is 2.15. The number of nitrogens with two attached hydrogens (primary N) is 1. The molecule has 2 rings (SSSR count). The van der Waals surface area contributed by atoms with Gasteiger partial charge in [0.05, 0.1) is 0 Å². The minimum Gasteiger partial charge on any atom is -0.382 e. The van der Waals surface area contributed by atoms with Crippen molar-refractivity contribution in [3.8, 4) is 11.5 Å². The molecule has 80 valence electrons. The first kappa shape index (κ1) is 9.70. The van der Waals surface area contributed by atoms with Gasteiger partial charge in [-0.3, -0.25) is 5.10 Å². The molecule has 0 bridgehead atoms. The fourth-order valence-corrected chi connectivity index (χ4v) is 1.45. The lowest BCUT2D eigenvalue weighted by Gasteiger charge is -1.93. The van der Waals surface area contributed by atoms with Crippen LogP contribution in [0.5, 0.6) is 0 Å². The number of aromatic amines is 1. The molecule has 0 aliphatic rings. The van der Waals surface area contributed by atoms with E-state index < -0.39 is 0 Å². The molecule has 3 N–H and O–H groups in total. The Morgan fingerprint density at radius 3 is 2.93 bits per heavy atom. The van der Waals surface area contributed by atoms with Gasteiger partial charge in [0.1, 0.15) is 11.5 Å². The Balaban J connectivity index is 2.35. The van der Waals surface area contributed by atoms with Crippen molar-refractivity contribution in [2.45, 2.75) is 19.8 Å². The van der Waals surface area contributed by atoms with Gasteiger partial charge in [0.2, 0.25) is 0 Å². The monoisotopic (exact) mass is 206 g/mol. The van der Waals surface area contributed by atoms with Crippen LogP contribution in [0.15, 0.2) is 6.07 Å². The summed E-state index contributed by atoms with van der Waals surface area (Å²) in [6, 6.07) is 1.75. The van der Waals surface area contributed by atoms with Crippen molar-refractivity contribution in [1.29, 1.82) is 0 Å². The predicted molar refractivity (Wildman–Crippen MR) is 57.0 cm³/mol. The van der Waals surface area contributed by atoms with Gasteiger partial charge in [-0.25, -0.2) is 9.67 Å². The summed E-state index contributed by atoms with van der Waals surface area (Å²) in [5.41, 5.74) is 6.33. The summed E-state index contributed by atoms with van der Waals surface area (Å²) in [5.74, 6) is 2.08. The van der Waals surface area contributed by atoms with E-state index >= 15 is 0 Å². The zero-order chi connectivity index (χ0) is 10.8. The van der Waals surface area contributed by atoms with E-state index in [0.29, 0.717) is 5.82 Å². The molecule has 6 heteroatoms. The number of nitrogens with one attached hydrogen (secondary N) is 1. The Morgan fingerprint density at radius 1 is 1.53 bits per heavy atom. The van der Waals surface area contributed by atoms with Crippen LogP contribution < -0.4 is 5.73 Å². The van der Waals surface area contributed by atoms with Gasteiger partial charge in [0, 0.05) is 19.5 Å². The van der Waals surface area contributed by atoms with Gasteiger partial charge in [0.15, 0.2) is 11.6 Å². The Labute approximate surface area is 87.5 Å². The first-order chi connectivity index (χ1) is 7.20. The predicted octanol–water partition coefficient (Wildman–Crippen LogP) is 0.740. The fourth-order valence-electron chi connectivity index (χ4n) is 1.45. The third kappa shape index (κ3) is 1.83. The first-order valence-corrected chi connectivity index (χ1v) is 4.92. The van der Waals surface area contributed by atoms with Crippen LogP contribution in [0.25, 0.3) is 11.5 Å². The minimum absolute atomic E-state index is 0.463. The third-order valence-corrected chi connectivity index (χ3v) is 2.12. The van der Waals surface area contributed by atoms with Crippen molar-refractivity contribution in [2.75, 3.05) is 5.73 Å². The van der Waals surface area contributed by atoms with Crippen LogP contribution >= 0.6 is 0 Å². The van der Waals surface area contributed by atoms with Crippen molar-refractivity contribution in [2.24, 2.45) is 7.05 Å². The lowest BCUT2D eigenvalue weighted by Crippen LogP contribution is -1.94. The maximum Gasteiger partial charge on any atom is 0.176 e. The second-order valence-electron chi connectivity index (χ2n) is 3.43. The number of anilines is 1. The molecule has 0 aromatic carbocycles. The molecule has 0 atom stereocenters. The van der Waals surface area contributed by atoms with Crippen molar-refractivity contribution in [1.82, 2.24) is 25.0 Å². The Bertz CT molecular complexity index is 455. The molecule has 2 aromatic rings. The van der Waals surface area contributed by atoms with Crippen molar-refractivity contribution < 1.29 is 0 Å². The lowest BCUT2D eigenvalue weighted by molar-refractivity contribution is 0.736. The van der Waals surface area contributed by atoms with Crippen LogP contribution in [0.2, 0.25) is 0 Å². The molecule has 6 nitrogen and oxygen atoms in total. The molecule has 0 unspecified atom stereocenters. The van der Waals surface area contributed by atoms with Crippen LogP contribution in [0.4, 0.5) is 5.82 Å². The highest BCUT2D eigenvalue weighted by molar-refractivity contribution is 5.53. The van der Waals surface area contributed by atoms with Gasteiger partial charge in [-0.05, 0) is 6.42 Å². The number of hydrogen-bond donors (Lipinski definition) is 2. The van der Waals surface area contributed by atoms with Gasteiger partial charge in [-0.1, -0.05) is 6.92 Å². The molecule has 0 saturated carbocycles. The summed E-state index contributed by atoms with van der Waals surface area (Å²) in [6.45, 7) is 2.10. The zero-order valence-corrected chi connectivity index (χ0v) is 8.86. The number of hydrogen-bond acceptors (Lipinski definition) is 4. The highest BCUT2D eigenvalue weighted by Gasteiger charge is 2.10. The standard InChI is InChI=1S/C9H14N6/c1-3-4-8-11-9(15(2)14-8)6-5-7(10)13-12-6/h5H,3-4H2,1-2H3,(H3,10,12,13). The van der Waals surface area contributed by atoms with E-state index in [9.17, 15) is 0 Å². The Kier molecular flexibility index (Phi) is 2.40. The average molecular weight is 206 g/mol. The summed E-state index contributed by atoms with van der Waals surface area (Å²) in [5, 5.41) is 11.0. The quantitative estimate of drug-likeness (QED) is 0.775. The van der Waals surface area contributed by atoms with Gasteiger partial charge in [-0.15, -0.1) is 0 Å². The number of nitrogen functional groups attached to an aromatic ring is 1. The highest BCUT2D eigenvalue weighted by atomic mass is 15.3. The summed E-state index contributed by atoms with van der Waals surface area (Å²) in [7, 11) is 1.86. The smallest absolute Gasteiger partial charge is 0.176 e. The van der Waals surface area contributed by atoms with Gasteiger partial charge < -0.3 is 5.73 Å². The van der Waals surface area contributed by atoms with E-state index in [-0.39, 0.29) is 0 Å². The van der Waals surface area contributed by atoms with Crippen LogP contribution in [0, 0.1) is 0 Å². The van der Waals surface area contributed by atoms with E-state index in [1.807, 2.05) is 7.05 Å². The number of rotatable bonds is 3. The number of H-pyrrole nitrogens is 1. The minimum atomic E-state index is 0.463. The maximum atomic E-state index is 5.53. The van der Waals surface area contributed by atoms with Gasteiger partial charge in [-0.2, -0.15) is 10.2 Å². The fraction of sp³-hybridized carbons (Fsp3) is 0.444. The summed E-state index contributed by atoms with van der Waals surface area (Å²) >= 11 is 0. The summed E-state index contributed by atoms with van der Waals surface area (Å²) < 4.78 is 1.73. The van der Waals surface area contributed by atoms with Crippen molar-refractivity contribution in [3.63, 3.8) is 0 Å². The number of nitrogens with zero attached hydrogens (tertiary/aromatic N) is 4. The molecule has 0 radical (unpaired) electrons. The van der Waals surface area contributed by atoms with E-state index in [1.165, 1.54) is 0 Å². The number of aryl methyl sites for hydroxylation is 2. The molecule has 15 heavy (non-hydrogen) atoms. The van der Waals surface area contributed by atoms with E-state index in [0.717, 1.165) is 30.2 Å². The molecule has 0 amide bonds. The second-order valence-corrected chi connectivity index (χ2v) is 3.43. The molecule has 0 saturated heterocycles. The topological polar surface area (TPSA) is 85.4 Å². The summed E-state index contributed by atoms with van der Waals surface area (Å²) in [6.07, 6.45) is 1.92. The Hall–Kier alpha value is -1.85. The number of aromatic nitrogens is 5. The SMILES string of the molecule is CCCc1nc(-c2cc(N)n[nH]2)n(C)n1. The zero-order valence-electron chi connectivity index (χ0n) is 8.86. The van der Waals surface area contributed by atoms with E-state index in [1.54, 1.807) is 10.7 Å². The molecular weight excluding hydrogens is 192 g/mol. The molecule has 0 spiro atoms. The van der Waals surface area contributed by atoms with E-state index in [2.05, 4.69) is 27.2 Å². The molecule has 0 aliphatic carbocycles. The maximum absolute atomic E-state index is 5.53. The largest absolute Gasteiger partial charge is 0.382 e. The lowest BCUT2D eigenvalue weighted by atomic mass is 10.3. The second kappa shape index (κ2) is 3.72. The molecule has 2 heterocycles. The molecule has 2 aromatic heterocycles. The molecule has 0 fully saturated rings. The van der Waals surface area contributed by atoms with E-state index in [4.69, 9.17) is 5.73 Å². The third-order valence-electron chi connectivity index (χ3n) is 2.12. The van der Waals surface area contributed by atoms with Gasteiger partial charge in [0.25, 0.3) is 0 Å². The van der Waals surface area contributed by atoms with Crippen LogP contribution in [-0.4, -0.2) is 25.0 Å². The Morgan fingerprint density at radius 2 is 2.33 bits per heavy atom. The molecule has 0 aliphatic heterocycles. The van der Waals surface area contributed by atoms with Crippen molar-refractivity contribution >= 4 is 5.82 Å². The normalized spacial score (nSPS) is 10.8.